The number of rotatable bonds is 4. The second-order valence-electron chi connectivity index (χ2n) is 3.92. The number of methoxy groups -OCH3 is 1. The molecule has 1 aromatic carbocycles. The molecule has 21 heavy (non-hydrogen) atoms. The first kappa shape index (κ1) is 15.0. The molecule has 2 amide bonds. The maximum atomic E-state index is 11.6. The van der Waals surface area contributed by atoms with Gasteiger partial charge in [-0.05, 0) is 24.3 Å². The zero-order valence-electron chi connectivity index (χ0n) is 11.3. The monoisotopic (exact) mass is 305 g/mol. The summed E-state index contributed by atoms with van der Waals surface area (Å²) in [5, 5.41) is 3.63. The first-order valence-electron chi connectivity index (χ1n) is 5.97. The van der Waals surface area contributed by atoms with Gasteiger partial charge in [-0.25, -0.2) is 26.5 Å². The lowest BCUT2D eigenvalue weighted by Crippen LogP contribution is -2.47. The number of nitrogens with one attached hydrogen (secondary N) is 1. The summed E-state index contributed by atoms with van der Waals surface area (Å²) in [5.41, 5.74) is 3.10. The van der Waals surface area contributed by atoms with Crippen molar-refractivity contribution in [2.75, 3.05) is 12.1 Å². The van der Waals surface area contributed by atoms with E-state index in [-0.39, 0.29) is 0 Å². The van der Waals surface area contributed by atoms with E-state index in [1.165, 1.54) is 11.3 Å². The van der Waals surface area contributed by atoms with Crippen LogP contribution >= 0.6 is 11.3 Å². The number of benzene rings is 1. The van der Waals surface area contributed by atoms with E-state index in [1.54, 1.807) is 37.6 Å². The highest BCUT2D eigenvalue weighted by Crippen LogP contribution is 2.30. The fraction of sp³-hybridized carbons (Fsp3) is 0.0769. The largest absolute Gasteiger partial charge is 0.496 e. The maximum Gasteiger partial charge on any atom is 0.350 e. The van der Waals surface area contributed by atoms with Gasteiger partial charge >= 0.3 is 6.03 Å². The normalized spacial score (nSPS) is 10.6. The van der Waals surface area contributed by atoms with Crippen molar-refractivity contribution in [3.8, 4) is 5.75 Å². The molecular formula is C13H15N5O2S. The summed E-state index contributed by atoms with van der Waals surface area (Å²) < 4.78 is 5.31. The number of nitrogens with two attached hydrogens (primary N) is 2. The topological polar surface area (TPSA) is 106 Å². The van der Waals surface area contributed by atoms with Crippen molar-refractivity contribution in [2.24, 2.45) is 11.7 Å². The molecule has 0 unspecified atom stereocenters. The number of hydrogen-bond acceptors (Lipinski definition) is 6. The van der Waals surface area contributed by atoms with Crippen LogP contribution in [0.15, 0.2) is 29.8 Å². The van der Waals surface area contributed by atoms with Crippen LogP contribution in [0.5, 0.6) is 5.75 Å². The number of amides is 2. The van der Waals surface area contributed by atoms with Crippen molar-refractivity contribution >= 4 is 35.2 Å². The van der Waals surface area contributed by atoms with Crippen LogP contribution in [-0.2, 0) is 0 Å². The van der Waals surface area contributed by atoms with Gasteiger partial charge in [0.05, 0.1) is 12.8 Å². The Morgan fingerprint density at radius 1 is 1.48 bits per heavy atom. The molecule has 0 saturated heterocycles. The van der Waals surface area contributed by atoms with Crippen LogP contribution in [0.2, 0.25) is 0 Å². The molecule has 0 saturated carbocycles. The number of hydrogen-bond donors (Lipinski definition) is 3. The van der Waals surface area contributed by atoms with Gasteiger partial charge in [0.25, 0.3) is 0 Å². The molecule has 0 radical (unpaired) electrons. The van der Waals surface area contributed by atoms with Gasteiger partial charge in [-0.1, -0.05) is 6.07 Å². The van der Waals surface area contributed by atoms with Gasteiger partial charge in [0.2, 0.25) is 0 Å². The number of anilines is 1. The number of thiazole rings is 1. The zero-order chi connectivity index (χ0) is 15.2. The molecule has 0 fully saturated rings. The lowest BCUT2D eigenvalue weighted by atomic mass is 10.1. The Balaban J connectivity index is 2.43. The van der Waals surface area contributed by atoms with Crippen molar-refractivity contribution in [3.63, 3.8) is 0 Å². The number of nitrogens with zero attached hydrogens (tertiary/aromatic N) is 2. The Hall–Kier alpha value is -2.42. The number of carbonyl (C=O) groups is 1. The first-order chi connectivity index (χ1) is 10.2. The summed E-state index contributed by atoms with van der Waals surface area (Å²) in [5.74, 6) is 11.4. The predicted molar refractivity (Wildman–Crippen MR) is 83.4 cm³/mol. The highest BCUT2D eigenvalue weighted by Gasteiger charge is 2.16. The molecule has 0 aliphatic carbocycles. The van der Waals surface area contributed by atoms with Crippen molar-refractivity contribution in [1.29, 1.82) is 0 Å². The molecular weight excluding hydrogens is 290 g/mol. The summed E-state index contributed by atoms with van der Waals surface area (Å²) in [7, 11) is 1.55. The van der Waals surface area contributed by atoms with Gasteiger partial charge < -0.3 is 4.74 Å². The molecule has 2 rings (SSSR count). The number of carbonyl (C=O) groups excluding carboxylic acids is 1. The summed E-state index contributed by atoms with van der Waals surface area (Å²) in [6.45, 7) is 0. The van der Waals surface area contributed by atoms with Crippen LogP contribution in [0.25, 0.3) is 12.2 Å². The van der Waals surface area contributed by atoms with E-state index in [4.69, 9.17) is 16.4 Å². The van der Waals surface area contributed by atoms with Gasteiger partial charge in [-0.3, -0.25) is 5.43 Å². The Morgan fingerprint density at radius 2 is 2.29 bits per heavy atom. The SMILES string of the molecule is COc1cccc(N(N)C(=O)NN)c1/C=C/c1nccs1. The fourth-order valence-electron chi connectivity index (χ4n) is 1.74. The third-order valence-electron chi connectivity index (χ3n) is 2.71. The summed E-state index contributed by atoms with van der Waals surface area (Å²) >= 11 is 1.50. The Labute approximate surface area is 125 Å². The molecule has 0 aliphatic heterocycles. The third kappa shape index (κ3) is 3.37. The average Bonchev–Trinajstić information content (AvgIpc) is 3.04. The molecule has 0 bridgehead atoms. The van der Waals surface area contributed by atoms with Crippen molar-refractivity contribution in [2.45, 2.75) is 0 Å². The average molecular weight is 305 g/mol. The van der Waals surface area contributed by atoms with E-state index >= 15 is 0 Å². The number of hydrazine groups is 2. The van der Waals surface area contributed by atoms with E-state index < -0.39 is 6.03 Å². The van der Waals surface area contributed by atoms with E-state index in [1.807, 2.05) is 16.9 Å². The minimum atomic E-state index is -0.632. The van der Waals surface area contributed by atoms with Gasteiger partial charge in [0.15, 0.2) is 0 Å². The molecule has 8 heteroatoms. The van der Waals surface area contributed by atoms with E-state index in [0.717, 1.165) is 10.0 Å². The number of urea groups is 1. The van der Waals surface area contributed by atoms with Crippen LogP contribution in [0.4, 0.5) is 10.5 Å². The quantitative estimate of drug-likeness (QED) is 0.452. The first-order valence-corrected chi connectivity index (χ1v) is 6.85. The highest BCUT2D eigenvalue weighted by molar-refractivity contribution is 7.10. The van der Waals surface area contributed by atoms with Gasteiger partial charge in [0.1, 0.15) is 10.8 Å². The Morgan fingerprint density at radius 3 is 2.90 bits per heavy atom. The lowest BCUT2D eigenvalue weighted by molar-refractivity contribution is 0.246. The number of aromatic nitrogens is 1. The highest BCUT2D eigenvalue weighted by atomic mass is 32.1. The summed E-state index contributed by atoms with van der Waals surface area (Å²) in [6.07, 6.45) is 5.32. The standard InChI is InChI=1S/C13H15N5O2S/c1-20-11-4-2-3-10(18(15)13(19)17-14)9(11)5-6-12-16-7-8-21-12/h2-8H,14-15H2,1H3,(H,17,19)/b6-5+. The molecule has 0 aliphatic rings. The smallest absolute Gasteiger partial charge is 0.350 e. The second kappa shape index (κ2) is 6.84. The molecule has 0 atom stereocenters. The zero-order valence-corrected chi connectivity index (χ0v) is 12.1. The lowest BCUT2D eigenvalue weighted by Gasteiger charge is -2.19. The van der Waals surface area contributed by atoms with E-state index in [9.17, 15) is 4.79 Å². The molecule has 110 valence electrons. The van der Waals surface area contributed by atoms with Crippen LogP contribution < -0.4 is 26.9 Å². The van der Waals surface area contributed by atoms with Crippen LogP contribution in [0.3, 0.4) is 0 Å². The molecule has 0 spiro atoms. The molecule has 7 nitrogen and oxygen atoms in total. The van der Waals surface area contributed by atoms with Gasteiger partial charge in [0, 0.05) is 17.1 Å². The third-order valence-corrected chi connectivity index (χ3v) is 3.45. The van der Waals surface area contributed by atoms with E-state index in [2.05, 4.69) is 4.98 Å². The molecule has 2 aromatic rings. The van der Waals surface area contributed by atoms with Crippen molar-refractivity contribution < 1.29 is 9.53 Å². The van der Waals surface area contributed by atoms with Crippen molar-refractivity contribution in [1.82, 2.24) is 10.4 Å². The molecule has 1 aromatic heterocycles. The van der Waals surface area contributed by atoms with E-state index in [0.29, 0.717) is 17.0 Å². The van der Waals surface area contributed by atoms with Crippen LogP contribution in [0, 0.1) is 0 Å². The summed E-state index contributed by atoms with van der Waals surface area (Å²) in [4.78, 5) is 15.7. The van der Waals surface area contributed by atoms with Crippen LogP contribution in [-0.4, -0.2) is 18.1 Å². The second-order valence-corrected chi connectivity index (χ2v) is 4.84. The van der Waals surface area contributed by atoms with Crippen molar-refractivity contribution in [3.05, 3.63) is 40.3 Å². The predicted octanol–water partition coefficient (Wildman–Crippen LogP) is 1.59. The summed E-state index contributed by atoms with van der Waals surface area (Å²) in [6, 6.07) is 4.57. The Kier molecular flexibility index (Phi) is 4.88. The van der Waals surface area contributed by atoms with Crippen LogP contribution in [0.1, 0.15) is 10.6 Å². The van der Waals surface area contributed by atoms with Gasteiger partial charge in [-0.15, -0.1) is 11.3 Å². The Bertz CT molecular complexity index is 642. The minimum Gasteiger partial charge on any atom is -0.496 e. The molecule has 1 heterocycles. The van der Waals surface area contributed by atoms with Gasteiger partial charge in [-0.2, -0.15) is 0 Å². The fourth-order valence-corrected chi connectivity index (χ4v) is 2.27. The number of ether oxygens (including phenoxy) is 1. The molecule has 5 N–H and O–H groups in total. The minimum absolute atomic E-state index is 0.463. The maximum absolute atomic E-state index is 11.6.